The molecule has 0 fully saturated rings. The van der Waals surface area contributed by atoms with Crippen LogP contribution in [0.1, 0.15) is 25.9 Å². The zero-order chi connectivity index (χ0) is 20.3. The second-order valence-electron chi connectivity index (χ2n) is 5.49. The van der Waals surface area contributed by atoms with Crippen LogP contribution in [0.3, 0.4) is 0 Å². The molecule has 0 unspecified atom stereocenters. The molecule has 3 rings (SSSR count). The Balaban J connectivity index is 1.72. The molecule has 1 amide bonds. The van der Waals surface area contributed by atoms with Gasteiger partial charge < -0.3 is 5.32 Å². The van der Waals surface area contributed by atoms with E-state index in [4.69, 9.17) is 11.6 Å². The van der Waals surface area contributed by atoms with Gasteiger partial charge in [-0.15, -0.1) is 10.2 Å². The average Bonchev–Trinajstić information content (AvgIpc) is 3.14. The molecule has 0 radical (unpaired) electrons. The number of carbonyl (C=O) groups excluding carboxylic acids is 1. The molecule has 1 N–H and O–H groups in total. The number of carbonyl (C=O) groups is 1. The second kappa shape index (κ2) is 8.07. The van der Waals surface area contributed by atoms with Gasteiger partial charge in [0.15, 0.2) is 5.01 Å². The molecule has 3 aromatic rings. The van der Waals surface area contributed by atoms with Gasteiger partial charge in [-0.1, -0.05) is 35.1 Å². The molecule has 0 bridgehead atoms. The Morgan fingerprint density at radius 2 is 1.61 bits per heavy atom. The Bertz CT molecular complexity index is 1010. The minimum atomic E-state index is -4.42. The highest BCUT2D eigenvalue weighted by atomic mass is 35.5. The monoisotopic (exact) mass is 427 g/mol. The Hall–Kier alpha value is -2.78. The van der Waals surface area contributed by atoms with Gasteiger partial charge in [0.2, 0.25) is 5.01 Å². The molecule has 28 heavy (non-hydrogen) atoms. The van der Waals surface area contributed by atoms with Crippen molar-refractivity contribution in [1.29, 1.82) is 0 Å². The third kappa shape index (κ3) is 4.93. The molecule has 10 heteroatoms. The van der Waals surface area contributed by atoms with Crippen molar-refractivity contribution in [3.05, 3.63) is 75.5 Å². The first-order valence-corrected chi connectivity index (χ1v) is 8.87. The number of hydrogen-bond donors (Lipinski definition) is 1. The summed E-state index contributed by atoms with van der Waals surface area (Å²) in [4.78, 5) is 12.2. The molecule has 1 heterocycles. The summed E-state index contributed by atoms with van der Waals surface area (Å²) in [5, 5.41) is 10.5. The summed E-state index contributed by atoms with van der Waals surface area (Å²) in [6.45, 7) is 0. The smallest absolute Gasteiger partial charge is 0.320 e. The molecule has 1 aromatic heterocycles. The molecule has 0 spiro atoms. The van der Waals surface area contributed by atoms with Crippen molar-refractivity contribution < 1.29 is 22.4 Å². The average molecular weight is 428 g/mol. The van der Waals surface area contributed by atoms with E-state index in [9.17, 15) is 22.4 Å². The Morgan fingerprint density at radius 3 is 2.21 bits per heavy atom. The zero-order valence-corrected chi connectivity index (χ0v) is 15.4. The van der Waals surface area contributed by atoms with E-state index in [1.807, 2.05) is 0 Å². The number of aromatic nitrogens is 2. The van der Waals surface area contributed by atoms with Gasteiger partial charge in [0.05, 0.1) is 10.6 Å². The van der Waals surface area contributed by atoms with Crippen molar-refractivity contribution >= 4 is 45.6 Å². The first-order valence-electron chi connectivity index (χ1n) is 7.67. The van der Waals surface area contributed by atoms with Crippen LogP contribution >= 0.6 is 22.9 Å². The maximum absolute atomic E-state index is 12.9. The van der Waals surface area contributed by atoms with Crippen LogP contribution in [0.4, 0.5) is 23.2 Å². The fourth-order valence-electron chi connectivity index (χ4n) is 2.11. The largest absolute Gasteiger partial charge is 0.416 e. The number of benzene rings is 2. The first-order chi connectivity index (χ1) is 13.2. The summed E-state index contributed by atoms with van der Waals surface area (Å²) in [5.74, 6) is -0.981. The predicted molar refractivity (Wildman–Crippen MR) is 99.4 cm³/mol. The number of halogens is 5. The summed E-state index contributed by atoms with van der Waals surface area (Å²) < 4.78 is 50.6. The number of nitrogens with zero attached hydrogens (tertiary/aromatic N) is 2. The van der Waals surface area contributed by atoms with E-state index in [2.05, 4.69) is 15.5 Å². The van der Waals surface area contributed by atoms with Crippen LogP contribution < -0.4 is 5.32 Å². The van der Waals surface area contributed by atoms with Crippen LogP contribution in [-0.4, -0.2) is 16.1 Å². The number of alkyl halides is 3. The molecule has 0 atom stereocenters. The van der Waals surface area contributed by atoms with Gasteiger partial charge in [-0.05, 0) is 48.0 Å². The van der Waals surface area contributed by atoms with Crippen molar-refractivity contribution in [3.8, 4) is 0 Å². The standard InChI is InChI=1S/C18H10ClF4N3OS/c19-14(9-10-1-3-11(4-2-10)18(21,22)23)16-25-26-17(28-16)15(27)24-13-7-5-12(20)6-8-13/h1-9H,(H,24,27)/b14-9-. The lowest BCUT2D eigenvalue weighted by atomic mass is 10.1. The fourth-order valence-corrected chi connectivity index (χ4v) is 3.03. The molecule has 0 saturated carbocycles. The van der Waals surface area contributed by atoms with Crippen molar-refractivity contribution in [3.63, 3.8) is 0 Å². The lowest BCUT2D eigenvalue weighted by Gasteiger charge is -2.06. The Labute approximate surface area is 165 Å². The molecule has 0 aliphatic carbocycles. The van der Waals surface area contributed by atoms with Gasteiger partial charge in [0.1, 0.15) is 5.82 Å². The molecule has 0 aliphatic heterocycles. The van der Waals surface area contributed by atoms with Crippen LogP contribution in [0.2, 0.25) is 0 Å². The summed E-state index contributed by atoms with van der Waals surface area (Å²) in [5.41, 5.74) is 0.0523. The lowest BCUT2D eigenvalue weighted by Crippen LogP contribution is -2.11. The van der Waals surface area contributed by atoms with Crippen LogP contribution in [-0.2, 0) is 6.18 Å². The first kappa shape index (κ1) is 20.0. The van der Waals surface area contributed by atoms with E-state index in [1.165, 1.54) is 42.5 Å². The van der Waals surface area contributed by atoms with Crippen molar-refractivity contribution in [2.75, 3.05) is 5.32 Å². The Kier molecular flexibility index (Phi) is 5.76. The van der Waals surface area contributed by atoms with Gasteiger partial charge in [-0.2, -0.15) is 13.2 Å². The minimum absolute atomic E-state index is 0.0262. The maximum Gasteiger partial charge on any atom is 0.416 e. The summed E-state index contributed by atoms with van der Waals surface area (Å²) >= 11 is 7.05. The SMILES string of the molecule is O=C(Nc1ccc(F)cc1)c1nnc(/C(Cl)=C/c2ccc(C(F)(F)F)cc2)s1. The molecule has 0 saturated heterocycles. The zero-order valence-electron chi connectivity index (χ0n) is 13.8. The second-order valence-corrected chi connectivity index (χ2v) is 6.87. The molecular weight excluding hydrogens is 418 g/mol. The van der Waals surface area contributed by atoms with E-state index >= 15 is 0 Å². The van der Waals surface area contributed by atoms with Crippen LogP contribution in [0.15, 0.2) is 48.5 Å². The maximum atomic E-state index is 12.9. The van der Waals surface area contributed by atoms with Crippen molar-refractivity contribution in [2.45, 2.75) is 6.18 Å². The minimum Gasteiger partial charge on any atom is -0.320 e. The van der Waals surface area contributed by atoms with Crippen molar-refractivity contribution in [1.82, 2.24) is 10.2 Å². The predicted octanol–water partition coefficient (Wildman–Crippen LogP) is 5.69. The van der Waals surface area contributed by atoms with Gasteiger partial charge >= 0.3 is 6.18 Å². The van der Waals surface area contributed by atoms with E-state index < -0.39 is 23.5 Å². The number of nitrogens with one attached hydrogen (secondary N) is 1. The summed E-state index contributed by atoms with van der Waals surface area (Å²) in [7, 11) is 0. The topological polar surface area (TPSA) is 54.9 Å². The molecule has 0 aliphatic rings. The van der Waals surface area contributed by atoms with Crippen LogP contribution in [0.5, 0.6) is 0 Å². The number of hydrogen-bond acceptors (Lipinski definition) is 4. The van der Waals surface area contributed by atoms with E-state index in [-0.39, 0.29) is 15.0 Å². The van der Waals surface area contributed by atoms with Gasteiger partial charge in [0.25, 0.3) is 5.91 Å². The highest BCUT2D eigenvalue weighted by Gasteiger charge is 2.29. The third-order valence-corrected chi connectivity index (χ3v) is 4.81. The van der Waals surface area contributed by atoms with E-state index in [1.54, 1.807) is 0 Å². The van der Waals surface area contributed by atoms with E-state index in [0.29, 0.717) is 11.3 Å². The molecule has 4 nitrogen and oxygen atoms in total. The normalized spacial score (nSPS) is 12.1. The van der Waals surface area contributed by atoms with Crippen molar-refractivity contribution in [2.24, 2.45) is 0 Å². The lowest BCUT2D eigenvalue weighted by molar-refractivity contribution is -0.137. The Morgan fingerprint density at radius 1 is 1.00 bits per heavy atom. The highest BCUT2D eigenvalue weighted by molar-refractivity contribution is 7.15. The number of anilines is 1. The van der Waals surface area contributed by atoms with Gasteiger partial charge in [-0.3, -0.25) is 4.79 Å². The van der Waals surface area contributed by atoms with E-state index in [0.717, 1.165) is 23.5 Å². The van der Waals surface area contributed by atoms with Gasteiger partial charge in [0, 0.05) is 5.69 Å². The quantitative estimate of drug-likeness (QED) is 0.544. The fraction of sp³-hybridized carbons (Fsp3) is 0.0556. The van der Waals surface area contributed by atoms with Gasteiger partial charge in [-0.25, -0.2) is 4.39 Å². The highest BCUT2D eigenvalue weighted by Crippen LogP contribution is 2.30. The summed E-state index contributed by atoms with van der Waals surface area (Å²) in [6, 6.07) is 9.62. The number of amides is 1. The van der Waals surface area contributed by atoms with Crippen LogP contribution in [0, 0.1) is 5.82 Å². The summed E-state index contributed by atoms with van der Waals surface area (Å²) in [6.07, 6.45) is -3.00. The molecule has 144 valence electrons. The molecular formula is C18H10ClF4N3OS. The number of rotatable bonds is 4. The third-order valence-electron chi connectivity index (χ3n) is 3.46. The van der Waals surface area contributed by atoms with Crippen LogP contribution in [0.25, 0.3) is 11.1 Å². The molecule has 2 aromatic carbocycles.